The van der Waals surface area contributed by atoms with Gasteiger partial charge in [-0.2, -0.15) is 0 Å². The molecule has 0 bridgehead atoms. The minimum atomic E-state index is -0.299. The van der Waals surface area contributed by atoms with Gasteiger partial charge in [-0.05, 0) is 25.0 Å². The third-order valence-corrected chi connectivity index (χ3v) is 2.79. The summed E-state index contributed by atoms with van der Waals surface area (Å²) in [7, 11) is 0. The van der Waals surface area contributed by atoms with Crippen LogP contribution >= 0.6 is 0 Å². The summed E-state index contributed by atoms with van der Waals surface area (Å²) in [6.07, 6.45) is 1.90. The molecule has 3 nitrogen and oxygen atoms in total. The molecule has 0 spiro atoms. The van der Waals surface area contributed by atoms with Gasteiger partial charge in [0.1, 0.15) is 5.82 Å². The summed E-state index contributed by atoms with van der Waals surface area (Å²) >= 11 is 0. The van der Waals surface area contributed by atoms with Crippen molar-refractivity contribution in [3.63, 3.8) is 0 Å². The van der Waals surface area contributed by atoms with E-state index in [0.717, 1.165) is 26.1 Å². The Hall–Kier alpha value is -1.13. The number of hydrogen-bond acceptors (Lipinski definition) is 3. The van der Waals surface area contributed by atoms with Gasteiger partial charge in [-0.1, -0.05) is 6.07 Å². The van der Waals surface area contributed by atoms with Crippen LogP contribution in [0.1, 0.15) is 18.4 Å². The van der Waals surface area contributed by atoms with E-state index >= 15 is 0 Å². The summed E-state index contributed by atoms with van der Waals surface area (Å²) in [5.41, 5.74) is 6.60. The van der Waals surface area contributed by atoms with Crippen molar-refractivity contribution in [2.75, 3.05) is 18.9 Å². The van der Waals surface area contributed by atoms with Gasteiger partial charge in [0.2, 0.25) is 0 Å². The van der Waals surface area contributed by atoms with Gasteiger partial charge in [0, 0.05) is 24.5 Å². The lowest BCUT2D eigenvalue weighted by atomic mass is 10.1. The predicted octanol–water partition coefficient (Wildman–Crippen LogP) is 2.10. The standard InChI is InChI=1S/C12H16FNO2/c13-11-2-1-3-12(14)10(11)8-16-9-4-6-15-7-5-9/h1-3,9H,4-8,14H2. The number of hydrogen-bond donors (Lipinski definition) is 1. The summed E-state index contributed by atoms with van der Waals surface area (Å²) in [6, 6.07) is 4.69. The molecule has 16 heavy (non-hydrogen) atoms. The van der Waals surface area contributed by atoms with E-state index in [4.69, 9.17) is 15.2 Å². The van der Waals surface area contributed by atoms with E-state index in [1.54, 1.807) is 12.1 Å². The van der Waals surface area contributed by atoms with Gasteiger partial charge in [-0.3, -0.25) is 0 Å². The van der Waals surface area contributed by atoms with Crippen molar-refractivity contribution in [3.05, 3.63) is 29.6 Å². The lowest BCUT2D eigenvalue weighted by molar-refractivity contribution is -0.0395. The zero-order valence-electron chi connectivity index (χ0n) is 9.12. The van der Waals surface area contributed by atoms with Crippen LogP contribution < -0.4 is 5.73 Å². The van der Waals surface area contributed by atoms with Crippen LogP contribution in [0.2, 0.25) is 0 Å². The highest BCUT2D eigenvalue weighted by Crippen LogP contribution is 2.19. The summed E-state index contributed by atoms with van der Waals surface area (Å²) in [5, 5.41) is 0. The smallest absolute Gasteiger partial charge is 0.130 e. The van der Waals surface area contributed by atoms with Crippen LogP contribution in [0.4, 0.5) is 10.1 Å². The second kappa shape index (κ2) is 5.27. The average Bonchev–Trinajstić information content (AvgIpc) is 2.30. The number of benzene rings is 1. The first kappa shape index (κ1) is 11.4. The van der Waals surface area contributed by atoms with Crippen molar-refractivity contribution in [3.8, 4) is 0 Å². The molecule has 1 aromatic carbocycles. The van der Waals surface area contributed by atoms with Crippen LogP contribution in [-0.2, 0) is 16.1 Å². The molecule has 0 radical (unpaired) electrons. The van der Waals surface area contributed by atoms with Crippen LogP contribution in [0.3, 0.4) is 0 Å². The van der Waals surface area contributed by atoms with Gasteiger partial charge < -0.3 is 15.2 Å². The molecule has 1 aromatic rings. The van der Waals surface area contributed by atoms with E-state index in [0.29, 0.717) is 11.3 Å². The number of anilines is 1. The number of rotatable bonds is 3. The van der Waals surface area contributed by atoms with Gasteiger partial charge in [0.05, 0.1) is 12.7 Å². The Morgan fingerprint density at radius 2 is 2.12 bits per heavy atom. The van der Waals surface area contributed by atoms with E-state index in [9.17, 15) is 4.39 Å². The van der Waals surface area contributed by atoms with Gasteiger partial charge in [-0.25, -0.2) is 4.39 Å². The number of ether oxygens (including phenoxy) is 2. The Morgan fingerprint density at radius 1 is 1.38 bits per heavy atom. The molecule has 0 unspecified atom stereocenters. The molecule has 1 aliphatic heterocycles. The van der Waals surface area contributed by atoms with Gasteiger partial charge >= 0.3 is 0 Å². The van der Waals surface area contributed by atoms with Crippen molar-refractivity contribution in [1.82, 2.24) is 0 Å². The lowest BCUT2D eigenvalue weighted by Crippen LogP contribution is -2.23. The second-order valence-electron chi connectivity index (χ2n) is 3.93. The number of halogens is 1. The molecule has 4 heteroatoms. The molecule has 1 aliphatic rings. The van der Waals surface area contributed by atoms with Crippen LogP contribution in [0.15, 0.2) is 18.2 Å². The Balaban J connectivity index is 1.93. The van der Waals surface area contributed by atoms with Gasteiger partial charge in [-0.15, -0.1) is 0 Å². The van der Waals surface area contributed by atoms with Crippen molar-refractivity contribution in [2.45, 2.75) is 25.6 Å². The van der Waals surface area contributed by atoms with Crippen molar-refractivity contribution in [2.24, 2.45) is 0 Å². The molecule has 0 aliphatic carbocycles. The van der Waals surface area contributed by atoms with Crippen molar-refractivity contribution in [1.29, 1.82) is 0 Å². The molecule has 0 saturated carbocycles. The van der Waals surface area contributed by atoms with E-state index in [2.05, 4.69) is 0 Å². The third kappa shape index (κ3) is 2.71. The molecule has 1 heterocycles. The van der Waals surface area contributed by atoms with Gasteiger partial charge in [0.25, 0.3) is 0 Å². The normalized spacial score (nSPS) is 17.6. The summed E-state index contributed by atoms with van der Waals surface area (Å²) in [6.45, 7) is 1.68. The molecule has 0 amide bonds. The lowest BCUT2D eigenvalue weighted by Gasteiger charge is -2.22. The first-order valence-corrected chi connectivity index (χ1v) is 5.49. The molecule has 1 saturated heterocycles. The summed E-state index contributed by atoms with van der Waals surface area (Å²) in [5.74, 6) is -0.299. The Labute approximate surface area is 94.3 Å². The maximum absolute atomic E-state index is 13.4. The second-order valence-corrected chi connectivity index (χ2v) is 3.93. The minimum absolute atomic E-state index is 0.160. The SMILES string of the molecule is Nc1cccc(F)c1COC1CCOCC1. The van der Waals surface area contributed by atoms with Crippen LogP contribution in [-0.4, -0.2) is 19.3 Å². The molecule has 0 aromatic heterocycles. The fraction of sp³-hybridized carbons (Fsp3) is 0.500. The topological polar surface area (TPSA) is 44.5 Å². The molecule has 2 N–H and O–H groups in total. The highest BCUT2D eigenvalue weighted by molar-refractivity contribution is 5.46. The maximum atomic E-state index is 13.4. The first-order chi connectivity index (χ1) is 7.77. The highest BCUT2D eigenvalue weighted by atomic mass is 19.1. The Morgan fingerprint density at radius 3 is 2.81 bits per heavy atom. The monoisotopic (exact) mass is 225 g/mol. The summed E-state index contributed by atoms with van der Waals surface area (Å²) in [4.78, 5) is 0. The van der Waals surface area contributed by atoms with Crippen LogP contribution in [0.25, 0.3) is 0 Å². The Kier molecular flexibility index (Phi) is 3.74. The van der Waals surface area contributed by atoms with Crippen LogP contribution in [0, 0.1) is 5.82 Å². The Bertz CT molecular complexity index is 331. The predicted molar refractivity (Wildman–Crippen MR) is 59.4 cm³/mol. The number of nitrogens with two attached hydrogens (primary N) is 1. The van der Waals surface area contributed by atoms with Crippen molar-refractivity contribution < 1.29 is 13.9 Å². The quantitative estimate of drug-likeness (QED) is 0.801. The molecule has 1 fully saturated rings. The molecular weight excluding hydrogens is 209 g/mol. The molecule has 0 atom stereocenters. The average molecular weight is 225 g/mol. The minimum Gasteiger partial charge on any atom is -0.398 e. The van der Waals surface area contributed by atoms with E-state index in [1.807, 2.05) is 0 Å². The van der Waals surface area contributed by atoms with E-state index in [1.165, 1.54) is 6.07 Å². The molecular formula is C12H16FNO2. The van der Waals surface area contributed by atoms with Gasteiger partial charge in [0.15, 0.2) is 0 Å². The fourth-order valence-corrected chi connectivity index (χ4v) is 1.77. The van der Waals surface area contributed by atoms with Crippen LogP contribution in [0.5, 0.6) is 0 Å². The van der Waals surface area contributed by atoms with E-state index < -0.39 is 0 Å². The third-order valence-electron chi connectivity index (χ3n) is 2.79. The highest BCUT2D eigenvalue weighted by Gasteiger charge is 2.15. The largest absolute Gasteiger partial charge is 0.398 e. The van der Waals surface area contributed by atoms with Crippen molar-refractivity contribution >= 4 is 5.69 Å². The molecule has 2 rings (SSSR count). The summed E-state index contributed by atoms with van der Waals surface area (Å²) < 4.78 is 24.3. The maximum Gasteiger partial charge on any atom is 0.130 e. The fourth-order valence-electron chi connectivity index (χ4n) is 1.77. The van der Waals surface area contributed by atoms with E-state index in [-0.39, 0.29) is 18.5 Å². The first-order valence-electron chi connectivity index (χ1n) is 5.49. The number of nitrogen functional groups attached to an aromatic ring is 1. The zero-order chi connectivity index (χ0) is 11.4. The zero-order valence-corrected chi connectivity index (χ0v) is 9.12. The molecule has 88 valence electrons.